The third kappa shape index (κ3) is 5.15. The number of nitrogens with zero attached hydrogens (tertiary/aromatic N) is 1. The van der Waals surface area contributed by atoms with Crippen molar-refractivity contribution in [3.8, 4) is 0 Å². The minimum Gasteiger partial charge on any atom is -0.543 e. The van der Waals surface area contributed by atoms with Crippen LogP contribution in [0.15, 0.2) is 24.3 Å². The number of carbonyl (C=O) groups is 3. The van der Waals surface area contributed by atoms with Gasteiger partial charge in [0.2, 0.25) is 11.3 Å². The second kappa shape index (κ2) is 7.73. The maximum absolute atomic E-state index is 11.9. The van der Waals surface area contributed by atoms with Crippen molar-refractivity contribution in [2.24, 2.45) is 0 Å². The van der Waals surface area contributed by atoms with Gasteiger partial charge in [0, 0.05) is 12.0 Å². The third-order valence-electron chi connectivity index (χ3n) is 3.12. The highest BCUT2D eigenvalue weighted by atomic mass is 16.4. The molecule has 1 N–H and O–H groups in total. The third-order valence-corrected chi connectivity index (χ3v) is 3.12. The molecule has 0 aliphatic carbocycles. The molecule has 0 rings (SSSR count). The van der Waals surface area contributed by atoms with Crippen LogP contribution < -0.4 is 5.11 Å². The van der Waals surface area contributed by atoms with E-state index in [0.29, 0.717) is 0 Å². The number of hydrogen-bond donors (Lipinski definition) is 1. The molecular formula is C15H25NO5. The summed E-state index contributed by atoms with van der Waals surface area (Å²) in [6.07, 6.45) is 0.185. The number of carboxylic acids is 2. The molecule has 0 saturated heterocycles. The quantitative estimate of drug-likeness (QED) is 0.435. The summed E-state index contributed by atoms with van der Waals surface area (Å²) >= 11 is 0. The van der Waals surface area contributed by atoms with Crippen LogP contribution in [0, 0.1) is 0 Å². The van der Waals surface area contributed by atoms with Gasteiger partial charge in [-0.1, -0.05) is 20.1 Å². The van der Waals surface area contributed by atoms with Crippen molar-refractivity contribution < 1.29 is 29.1 Å². The Bertz CT molecular complexity index is 447. The minimum atomic E-state index is -1.54. The molecule has 0 fully saturated rings. The van der Waals surface area contributed by atoms with Crippen LogP contribution in [-0.4, -0.2) is 54.0 Å². The Labute approximate surface area is 126 Å². The average molecular weight is 299 g/mol. The fraction of sp³-hybridized carbons (Fsp3) is 0.533. The Morgan fingerprint density at radius 2 is 1.43 bits per heavy atom. The van der Waals surface area contributed by atoms with E-state index in [1.165, 1.54) is 13.8 Å². The van der Waals surface area contributed by atoms with Crippen LogP contribution in [0.25, 0.3) is 0 Å². The van der Waals surface area contributed by atoms with Crippen LogP contribution in [0.1, 0.15) is 27.2 Å². The lowest BCUT2D eigenvalue weighted by Gasteiger charge is -2.45. The molecule has 0 aromatic carbocycles. The van der Waals surface area contributed by atoms with Crippen molar-refractivity contribution in [1.82, 2.24) is 0 Å². The number of carbonyl (C=O) groups excluding carboxylic acids is 2. The van der Waals surface area contributed by atoms with Gasteiger partial charge in [0.15, 0.2) is 0 Å². The largest absolute Gasteiger partial charge is 0.543 e. The van der Waals surface area contributed by atoms with Gasteiger partial charge >= 0.3 is 5.97 Å². The molecule has 0 amide bonds. The molecule has 0 aromatic rings. The molecule has 0 radical (unpaired) electrons. The number of Topliss-reactive ketones (excluding diaryl/α,β-unsaturated/α-hetero) is 1. The van der Waals surface area contributed by atoms with Crippen molar-refractivity contribution in [2.75, 3.05) is 21.1 Å². The lowest BCUT2D eigenvalue weighted by molar-refractivity contribution is -0.905. The van der Waals surface area contributed by atoms with Crippen molar-refractivity contribution >= 4 is 17.7 Å². The number of quaternary nitrogens is 1. The molecule has 21 heavy (non-hydrogen) atoms. The summed E-state index contributed by atoms with van der Waals surface area (Å²) in [4.78, 5) is 32.8. The molecule has 0 saturated carbocycles. The summed E-state index contributed by atoms with van der Waals surface area (Å²) < 4.78 is -0.00245. The van der Waals surface area contributed by atoms with E-state index in [0.717, 1.165) is 0 Å². The lowest BCUT2D eigenvalue weighted by Crippen LogP contribution is -2.70. The molecule has 0 aliphatic heterocycles. The Morgan fingerprint density at radius 3 is 1.48 bits per heavy atom. The topological polar surface area (TPSA) is 94.5 Å². The monoisotopic (exact) mass is 299 g/mol. The molecule has 6 heteroatoms. The van der Waals surface area contributed by atoms with E-state index >= 15 is 0 Å². The SMILES string of the molecule is C=C(C)C(=O)C(CC)(C(=O)[O-])[N+](C)(C)C.C=C(C)C(=O)O. The summed E-state index contributed by atoms with van der Waals surface area (Å²) in [5.41, 5.74) is -1.12. The van der Waals surface area contributed by atoms with Crippen molar-refractivity contribution in [3.05, 3.63) is 24.3 Å². The van der Waals surface area contributed by atoms with Crippen LogP contribution in [0.3, 0.4) is 0 Å². The number of rotatable bonds is 6. The number of aliphatic carboxylic acids is 2. The van der Waals surface area contributed by atoms with Crippen LogP contribution in [0.2, 0.25) is 0 Å². The van der Waals surface area contributed by atoms with Crippen molar-refractivity contribution in [1.29, 1.82) is 0 Å². The highest BCUT2D eigenvalue weighted by Crippen LogP contribution is 2.26. The van der Waals surface area contributed by atoms with Gasteiger partial charge in [0.25, 0.3) is 0 Å². The fourth-order valence-corrected chi connectivity index (χ4v) is 1.80. The van der Waals surface area contributed by atoms with Gasteiger partial charge in [-0.25, -0.2) is 4.79 Å². The van der Waals surface area contributed by atoms with Crippen molar-refractivity contribution in [3.63, 3.8) is 0 Å². The van der Waals surface area contributed by atoms with E-state index in [4.69, 9.17) is 5.11 Å². The molecule has 120 valence electrons. The smallest absolute Gasteiger partial charge is 0.330 e. The van der Waals surface area contributed by atoms with Gasteiger partial charge < -0.3 is 19.5 Å². The van der Waals surface area contributed by atoms with Gasteiger partial charge in [0.05, 0.1) is 21.1 Å². The Morgan fingerprint density at radius 1 is 1.10 bits per heavy atom. The molecule has 6 nitrogen and oxygen atoms in total. The van der Waals surface area contributed by atoms with Crippen molar-refractivity contribution in [2.45, 2.75) is 32.7 Å². The maximum Gasteiger partial charge on any atom is 0.330 e. The maximum atomic E-state index is 11.9. The summed E-state index contributed by atoms with van der Waals surface area (Å²) in [6.45, 7) is 11.3. The lowest BCUT2D eigenvalue weighted by atomic mass is 9.84. The van der Waals surface area contributed by atoms with E-state index in [9.17, 15) is 19.5 Å². The van der Waals surface area contributed by atoms with E-state index in [-0.39, 0.29) is 22.1 Å². The molecule has 0 heterocycles. The predicted molar refractivity (Wildman–Crippen MR) is 78.3 cm³/mol. The first-order valence-corrected chi connectivity index (χ1v) is 6.37. The number of ketones is 1. The van der Waals surface area contributed by atoms with Gasteiger partial charge in [-0.3, -0.25) is 4.79 Å². The standard InChI is InChI=1S/C11H19NO3.C4H6O2/c1-7-11(10(14)15,12(4,5)6)9(13)8(2)3;1-3(2)4(5)6/h2,7H2,1,3-6H3;1H2,2H3,(H,5,6). The highest BCUT2D eigenvalue weighted by molar-refractivity contribution is 6.13. The zero-order valence-corrected chi connectivity index (χ0v) is 13.6. The molecule has 0 aliphatic rings. The summed E-state index contributed by atoms with van der Waals surface area (Å²) in [6, 6.07) is 0. The molecule has 1 atom stereocenters. The van der Waals surface area contributed by atoms with Crippen LogP contribution in [-0.2, 0) is 14.4 Å². The number of hydrogen-bond acceptors (Lipinski definition) is 4. The predicted octanol–water partition coefficient (Wildman–Crippen LogP) is 0.384. The van der Waals surface area contributed by atoms with E-state index in [1.807, 2.05) is 0 Å². The molecule has 0 bridgehead atoms. The molecular weight excluding hydrogens is 274 g/mol. The average Bonchev–Trinajstić information content (AvgIpc) is 2.28. The van der Waals surface area contributed by atoms with Gasteiger partial charge in [-0.2, -0.15) is 0 Å². The van der Waals surface area contributed by atoms with E-state index < -0.39 is 23.3 Å². The summed E-state index contributed by atoms with van der Waals surface area (Å²) in [5.74, 6) is -2.74. The fourth-order valence-electron chi connectivity index (χ4n) is 1.80. The minimum absolute atomic E-state index is 0.00245. The number of carboxylic acid groups (broad SMARTS) is 2. The molecule has 0 spiro atoms. The second-order valence-electron chi connectivity index (χ2n) is 5.71. The van der Waals surface area contributed by atoms with Gasteiger partial charge in [-0.15, -0.1) is 0 Å². The van der Waals surface area contributed by atoms with E-state index in [1.54, 1.807) is 28.1 Å². The molecule has 1 unspecified atom stereocenters. The summed E-state index contributed by atoms with van der Waals surface area (Å²) in [5, 5.41) is 19.1. The zero-order chi connectivity index (χ0) is 17.6. The normalized spacial score (nSPS) is 13.2. The Balaban J connectivity index is 0. The molecule has 0 aromatic heterocycles. The van der Waals surface area contributed by atoms with Crippen LogP contribution >= 0.6 is 0 Å². The second-order valence-corrected chi connectivity index (χ2v) is 5.71. The van der Waals surface area contributed by atoms with Gasteiger partial charge in [0.1, 0.15) is 5.97 Å². The van der Waals surface area contributed by atoms with Crippen LogP contribution in [0.4, 0.5) is 0 Å². The first kappa shape index (κ1) is 21.4. The Kier molecular flexibility index (Phi) is 7.86. The van der Waals surface area contributed by atoms with Gasteiger partial charge in [-0.05, 0) is 19.4 Å². The number of likely N-dealkylation sites (N-methyl/N-ethyl adjacent to an activating group) is 1. The first-order chi connectivity index (χ1) is 9.25. The zero-order valence-electron chi connectivity index (χ0n) is 13.6. The first-order valence-electron chi connectivity index (χ1n) is 6.37. The highest BCUT2D eigenvalue weighted by Gasteiger charge is 2.50. The summed E-state index contributed by atoms with van der Waals surface area (Å²) in [7, 11) is 5.00. The Hall–Kier alpha value is -1.95. The van der Waals surface area contributed by atoms with Crippen LogP contribution in [0.5, 0.6) is 0 Å². The van der Waals surface area contributed by atoms with E-state index in [2.05, 4.69) is 13.2 Å².